The lowest BCUT2D eigenvalue weighted by molar-refractivity contribution is -0.141. The van der Waals surface area contributed by atoms with Gasteiger partial charge in [0.05, 0.1) is 24.7 Å². The zero-order valence-electron chi connectivity index (χ0n) is 13.6. The Hall–Kier alpha value is -2.86. The first-order chi connectivity index (χ1) is 12.1. The average Bonchev–Trinajstić information content (AvgIpc) is 2.62. The third-order valence-corrected chi connectivity index (χ3v) is 3.92. The highest BCUT2D eigenvalue weighted by Gasteiger charge is 2.28. The number of benzene rings is 2. The van der Waals surface area contributed by atoms with Gasteiger partial charge in [0.15, 0.2) is 0 Å². The predicted octanol–water partition coefficient (Wildman–Crippen LogP) is 2.79. The van der Waals surface area contributed by atoms with Crippen molar-refractivity contribution in [3.63, 3.8) is 0 Å². The van der Waals surface area contributed by atoms with E-state index >= 15 is 0 Å². The Kier molecular flexibility index (Phi) is 5.30. The minimum atomic E-state index is -0.938. The second-order valence-electron chi connectivity index (χ2n) is 5.75. The van der Waals surface area contributed by atoms with Gasteiger partial charge in [0.1, 0.15) is 11.5 Å². The molecule has 0 aromatic heterocycles. The lowest BCUT2D eigenvalue weighted by Gasteiger charge is -2.32. The zero-order valence-corrected chi connectivity index (χ0v) is 13.6. The van der Waals surface area contributed by atoms with Gasteiger partial charge in [0.2, 0.25) is 0 Å². The fourth-order valence-corrected chi connectivity index (χ4v) is 2.74. The fraction of sp³-hybridized carbons (Fsp3) is 0.263. The molecule has 2 aromatic carbocycles. The first-order valence-electron chi connectivity index (χ1n) is 8.08. The van der Waals surface area contributed by atoms with Crippen LogP contribution in [-0.4, -0.2) is 47.7 Å². The molecule has 1 aliphatic rings. The number of carbonyl (C=O) groups excluding carboxylic acids is 1. The molecule has 25 heavy (non-hydrogen) atoms. The number of rotatable bonds is 5. The largest absolute Gasteiger partial charge is 0.481 e. The van der Waals surface area contributed by atoms with E-state index in [4.69, 9.17) is 14.6 Å². The number of ether oxygens (including phenoxy) is 2. The smallest absolute Gasteiger partial charge is 0.306 e. The summed E-state index contributed by atoms with van der Waals surface area (Å²) in [5, 5.41) is 8.91. The van der Waals surface area contributed by atoms with Gasteiger partial charge in [-0.25, -0.2) is 0 Å². The zero-order chi connectivity index (χ0) is 17.6. The summed E-state index contributed by atoms with van der Waals surface area (Å²) in [5.41, 5.74) is 0.447. The predicted molar refractivity (Wildman–Crippen MR) is 90.9 cm³/mol. The molecule has 1 amide bonds. The summed E-state index contributed by atoms with van der Waals surface area (Å²) in [6.07, 6.45) is -0.608. The molecule has 130 valence electrons. The van der Waals surface area contributed by atoms with Gasteiger partial charge in [-0.2, -0.15) is 0 Å². The third kappa shape index (κ3) is 4.36. The number of nitrogens with zero attached hydrogens (tertiary/aromatic N) is 1. The first kappa shape index (κ1) is 17.0. The average molecular weight is 341 g/mol. The lowest BCUT2D eigenvalue weighted by Crippen LogP contribution is -2.46. The maximum absolute atomic E-state index is 12.9. The quantitative estimate of drug-likeness (QED) is 0.905. The Morgan fingerprint density at radius 1 is 1.12 bits per heavy atom. The van der Waals surface area contributed by atoms with Crippen LogP contribution in [0.15, 0.2) is 54.6 Å². The lowest BCUT2D eigenvalue weighted by atomic mass is 10.1. The van der Waals surface area contributed by atoms with Crippen LogP contribution in [0.2, 0.25) is 0 Å². The maximum Gasteiger partial charge on any atom is 0.306 e. The Balaban J connectivity index is 1.77. The molecule has 2 aromatic rings. The molecule has 1 N–H and O–H groups in total. The van der Waals surface area contributed by atoms with E-state index in [-0.39, 0.29) is 18.9 Å². The van der Waals surface area contributed by atoms with Gasteiger partial charge in [-0.1, -0.05) is 30.3 Å². The molecular weight excluding hydrogens is 322 g/mol. The van der Waals surface area contributed by atoms with E-state index < -0.39 is 12.1 Å². The number of aliphatic carboxylic acids is 1. The van der Waals surface area contributed by atoms with Gasteiger partial charge < -0.3 is 19.5 Å². The highest BCUT2D eigenvalue weighted by Crippen LogP contribution is 2.26. The SMILES string of the molecule is O=C(O)C[C@@H]1CN(C(=O)c2ccccc2Oc2ccccc2)CCO1. The Labute approximate surface area is 145 Å². The third-order valence-electron chi connectivity index (χ3n) is 3.92. The second-order valence-corrected chi connectivity index (χ2v) is 5.75. The van der Waals surface area contributed by atoms with E-state index in [0.717, 1.165) is 0 Å². The molecule has 1 aliphatic heterocycles. The van der Waals surface area contributed by atoms with Gasteiger partial charge in [-0.15, -0.1) is 0 Å². The van der Waals surface area contributed by atoms with Crippen LogP contribution in [0.1, 0.15) is 16.8 Å². The van der Waals surface area contributed by atoms with Crippen molar-refractivity contribution in [3.05, 3.63) is 60.2 Å². The van der Waals surface area contributed by atoms with Crippen LogP contribution in [0.4, 0.5) is 0 Å². The van der Waals surface area contributed by atoms with Crippen molar-refractivity contribution in [1.29, 1.82) is 0 Å². The van der Waals surface area contributed by atoms with Gasteiger partial charge >= 0.3 is 5.97 Å². The van der Waals surface area contributed by atoms with E-state index in [0.29, 0.717) is 30.2 Å². The highest BCUT2D eigenvalue weighted by atomic mass is 16.5. The Morgan fingerprint density at radius 2 is 1.84 bits per heavy atom. The van der Waals surface area contributed by atoms with Crippen LogP contribution >= 0.6 is 0 Å². The minimum Gasteiger partial charge on any atom is -0.481 e. The van der Waals surface area contributed by atoms with Gasteiger partial charge in [0, 0.05) is 13.1 Å². The van der Waals surface area contributed by atoms with E-state index in [1.807, 2.05) is 36.4 Å². The van der Waals surface area contributed by atoms with E-state index in [2.05, 4.69) is 0 Å². The van der Waals surface area contributed by atoms with E-state index in [1.54, 1.807) is 23.1 Å². The number of morpholine rings is 1. The second kappa shape index (κ2) is 7.81. The van der Waals surface area contributed by atoms with Crippen molar-refractivity contribution in [1.82, 2.24) is 4.90 Å². The van der Waals surface area contributed by atoms with Gasteiger partial charge in [-0.3, -0.25) is 9.59 Å². The number of hydrogen-bond acceptors (Lipinski definition) is 4. The molecule has 3 rings (SSSR count). The highest BCUT2D eigenvalue weighted by molar-refractivity contribution is 5.97. The van der Waals surface area contributed by atoms with E-state index in [9.17, 15) is 9.59 Å². The summed E-state index contributed by atoms with van der Waals surface area (Å²) < 4.78 is 11.3. The number of hydrogen-bond donors (Lipinski definition) is 1. The normalized spacial score (nSPS) is 17.1. The van der Waals surface area contributed by atoms with Crippen LogP contribution in [0, 0.1) is 0 Å². The fourth-order valence-electron chi connectivity index (χ4n) is 2.74. The van der Waals surface area contributed by atoms with Crippen LogP contribution < -0.4 is 4.74 Å². The maximum atomic E-state index is 12.9. The summed E-state index contributed by atoms with van der Waals surface area (Å²) in [6, 6.07) is 16.3. The summed E-state index contributed by atoms with van der Waals surface area (Å²) >= 11 is 0. The van der Waals surface area contributed by atoms with Gasteiger partial charge in [0.25, 0.3) is 5.91 Å². The Morgan fingerprint density at radius 3 is 2.60 bits per heavy atom. The molecule has 0 saturated carbocycles. The summed E-state index contributed by atoms with van der Waals surface area (Å²) in [5.74, 6) is -0.00853. The molecule has 1 saturated heterocycles. The molecule has 6 nitrogen and oxygen atoms in total. The Bertz CT molecular complexity index is 746. The number of amides is 1. The molecule has 0 spiro atoms. The van der Waals surface area contributed by atoms with Crippen molar-refractivity contribution in [3.8, 4) is 11.5 Å². The molecule has 1 fully saturated rings. The van der Waals surface area contributed by atoms with Crippen LogP contribution in [0.3, 0.4) is 0 Å². The molecule has 0 aliphatic carbocycles. The molecule has 6 heteroatoms. The number of carbonyl (C=O) groups is 2. The molecule has 0 bridgehead atoms. The summed E-state index contributed by atoms with van der Waals surface area (Å²) in [4.78, 5) is 25.4. The number of carboxylic acids is 1. The molecule has 0 radical (unpaired) electrons. The van der Waals surface area contributed by atoms with Crippen molar-refractivity contribution >= 4 is 11.9 Å². The van der Waals surface area contributed by atoms with Crippen LogP contribution in [0.5, 0.6) is 11.5 Å². The topological polar surface area (TPSA) is 76.1 Å². The molecular formula is C19H19NO5. The molecule has 1 heterocycles. The number of carboxylic acid groups (broad SMARTS) is 1. The van der Waals surface area contributed by atoms with Crippen molar-refractivity contribution < 1.29 is 24.2 Å². The standard InChI is InChI=1S/C19H19NO5/c21-18(22)12-15-13-20(10-11-24-15)19(23)16-8-4-5-9-17(16)25-14-6-2-1-3-7-14/h1-9,15H,10-13H2,(H,21,22)/t15-/m1/s1. The molecule has 1 atom stereocenters. The summed E-state index contributed by atoms with van der Waals surface area (Å²) in [7, 11) is 0. The van der Waals surface area contributed by atoms with Crippen LogP contribution in [0.25, 0.3) is 0 Å². The summed E-state index contributed by atoms with van der Waals surface area (Å²) in [6.45, 7) is 1.00. The molecule has 0 unspecified atom stereocenters. The van der Waals surface area contributed by atoms with Crippen molar-refractivity contribution in [2.75, 3.05) is 19.7 Å². The minimum absolute atomic E-state index is 0.119. The monoisotopic (exact) mass is 341 g/mol. The first-order valence-corrected chi connectivity index (χ1v) is 8.08. The van der Waals surface area contributed by atoms with Crippen molar-refractivity contribution in [2.45, 2.75) is 12.5 Å². The van der Waals surface area contributed by atoms with Crippen molar-refractivity contribution in [2.24, 2.45) is 0 Å². The van der Waals surface area contributed by atoms with Crippen LogP contribution in [-0.2, 0) is 9.53 Å². The van der Waals surface area contributed by atoms with Gasteiger partial charge in [-0.05, 0) is 24.3 Å². The van der Waals surface area contributed by atoms with E-state index in [1.165, 1.54) is 0 Å². The number of para-hydroxylation sites is 2.